The lowest BCUT2D eigenvalue weighted by molar-refractivity contribution is 0.414. The van der Waals surface area contributed by atoms with Crippen molar-refractivity contribution in [2.24, 2.45) is 7.05 Å². The number of hydrogen-bond donors (Lipinski definition) is 1. The van der Waals surface area contributed by atoms with E-state index in [1.807, 2.05) is 30.8 Å². The second kappa shape index (κ2) is 6.09. The zero-order chi connectivity index (χ0) is 14.7. The van der Waals surface area contributed by atoms with Crippen molar-refractivity contribution < 1.29 is 4.74 Å². The molecule has 1 heterocycles. The summed E-state index contributed by atoms with van der Waals surface area (Å²) in [7, 11) is 3.64. The average Bonchev–Trinajstić information content (AvgIpc) is 2.78. The largest absolute Gasteiger partial charge is 0.497 e. The number of ether oxygens (including phenoxy) is 1. The summed E-state index contributed by atoms with van der Waals surface area (Å²) in [6.45, 7) is 6.39. The summed E-state index contributed by atoms with van der Waals surface area (Å²) in [5.41, 5.74) is 3.57. The molecule has 0 bridgehead atoms. The standard InChI is InChI=1S/C16H23N3O/c1-11(14-6-8-15(20-5)9-7-14)17-12(2)16-10-19(4)18-13(16)3/h6-12,17H,1-5H3. The molecular formula is C16H23N3O. The molecule has 2 aromatic rings. The van der Waals surface area contributed by atoms with Crippen LogP contribution < -0.4 is 10.1 Å². The van der Waals surface area contributed by atoms with Crippen LogP contribution in [0.2, 0.25) is 0 Å². The van der Waals surface area contributed by atoms with Crippen LogP contribution in [0.1, 0.15) is 42.8 Å². The number of aryl methyl sites for hydroxylation is 2. The molecule has 0 spiro atoms. The Bertz CT molecular complexity index is 560. The summed E-state index contributed by atoms with van der Waals surface area (Å²) >= 11 is 0. The summed E-state index contributed by atoms with van der Waals surface area (Å²) in [5, 5.41) is 8.00. The first-order valence-electron chi connectivity index (χ1n) is 6.91. The highest BCUT2D eigenvalue weighted by molar-refractivity contribution is 5.29. The van der Waals surface area contributed by atoms with Gasteiger partial charge in [-0.25, -0.2) is 0 Å². The van der Waals surface area contributed by atoms with Crippen LogP contribution in [-0.2, 0) is 7.05 Å². The van der Waals surface area contributed by atoms with E-state index in [1.165, 1.54) is 11.1 Å². The van der Waals surface area contributed by atoms with Gasteiger partial charge in [0.25, 0.3) is 0 Å². The highest BCUT2D eigenvalue weighted by Crippen LogP contribution is 2.22. The minimum Gasteiger partial charge on any atom is -0.497 e. The maximum Gasteiger partial charge on any atom is 0.118 e. The smallest absolute Gasteiger partial charge is 0.118 e. The van der Waals surface area contributed by atoms with Gasteiger partial charge in [0.05, 0.1) is 12.8 Å². The molecule has 0 aliphatic rings. The fraction of sp³-hybridized carbons (Fsp3) is 0.438. The highest BCUT2D eigenvalue weighted by atomic mass is 16.5. The maximum absolute atomic E-state index is 5.19. The summed E-state index contributed by atoms with van der Waals surface area (Å²) < 4.78 is 7.05. The third-order valence-electron chi connectivity index (χ3n) is 3.63. The summed E-state index contributed by atoms with van der Waals surface area (Å²) in [4.78, 5) is 0. The van der Waals surface area contributed by atoms with Crippen molar-refractivity contribution in [3.8, 4) is 5.75 Å². The number of rotatable bonds is 5. The van der Waals surface area contributed by atoms with Crippen molar-refractivity contribution in [1.29, 1.82) is 0 Å². The SMILES string of the molecule is COc1ccc(C(C)NC(C)c2cn(C)nc2C)cc1. The van der Waals surface area contributed by atoms with E-state index in [0.29, 0.717) is 0 Å². The normalized spacial score (nSPS) is 14.1. The van der Waals surface area contributed by atoms with Crippen molar-refractivity contribution in [3.63, 3.8) is 0 Å². The lowest BCUT2D eigenvalue weighted by Crippen LogP contribution is -2.22. The monoisotopic (exact) mass is 273 g/mol. The van der Waals surface area contributed by atoms with E-state index < -0.39 is 0 Å². The van der Waals surface area contributed by atoms with Crippen molar-refractivity contribution in [2.75, 3.05) is 7.11 Å². The van der Waals surface area contributed by atoms with E-state index in [0.717, 1.165) is 11.4 Å². The Labute approximate surface area is 120 Å². The number of methoxy groups -OCH3 is 1. The second-order valence-electron chi connectivity index (χ2n) is 5.23. The third kappa shape index (κ3) is 3.20. The topological polar surface area (TPSA) is 39.1 Å². The van der Waals surface area contributed by atoms with Gasteiger partial charge in [-0.15, -0.1) is 0 Å². The van der Waals surface area contributed by atoms with E-state index in [2.05, 4.69) is 42.6 Å². The average molecular weight is 273 g/mol. The summed E-state index contributed by atoms with van der Waals surface area (Å²) in [6.07, 6.45) is 2.08. The Balaban J connectivity index is 2.06. The minimum atomic E-state index is 0.265. The van der Waals surface area contributed by atoms with Crippen LogP contribution in [0.3, 0.4) is 0 Å². The molecule has 2 unspecified atom stereocenters. The number of benzene rings is 1. The van der Waals surface area contributed by atoms with Gasteiger partial charge in [-0.1, -0.05) is 12.1 Å². The molecule has 1 aromatic heterocycles. The Morgan fingerprint density at radius 1 is 1.15 bits per heavy atom. The van der Waals surface area contributed by atoms with Crippen molar-refractivity contribution in [3.05, 3.63) is 47.3 Å². The Kier molecular flexibility index (Phi) is 4.45. The van der Waals surface area contributed by atoms with Gasteiger partial charge in [0, 0.05) is 30.9 Å². The molecule has 4 heteroatoms. The number of nitrogens with one attached hydrogen (secondary N) is 1. The molecule has 2 atom stereocenters. The molecule has 0 fully saturated rings. The van der Waals surface area contributed by atoms with Gasteiger partial charge in [-0.2, -0.15) is 5.10 Å². The Morgan fingerprint density at radius 2 is 1.80 bits per heavy atom. The number of aromatic nitrogens is 2. The van der Waals surface area contributed by atoms with Crippen LogP contribution in [-0.4, -0.2) is 16.9 Å². The van der Waals surface area contributed by atoms with Gasteiger partial charge in [0.15, 0.2) is 0 Å². The molecule has 0 aliphatic heterocycles. The quantitative estimate of drug-likeness (QED) is 0.909. The lowest BCUT2D eigenvalue weighted by atomic mass is 10.0. The third-order valence-corrected chi connectivity index (χ3v) is 3.63. The van der Waals surface area contributed by atoms with Gasteiger partial charge in [-0.05, 0) is 38.5 Å². The minimum absolute atomic E-state index is 0.265. The number of hydrogen-bond acceptors (Lipinski definition) is 3. The van der Waals surface area contributed by atoms with Crippen LogP contribution in [0, 0.1) is 6.92 Å². The predicted octanol–water partition coefficient (Wildman–Crippen LogP) is 3.15. The van der Waals surface area contributed by atoms with E-state index in [1.54, 1.807) is 7.11 Å². The molecule has 0 aliphatic carbocycles. The van der Waals surface area contributed by atoms with Gasteiger partial charge < -0.3 is 10.1 Å². The second-order valence-corrected chi connectivity index (χ2v) is 5.23. The molecule has 1 aromatic carbocycles. The van der Waals surface area contributed by atoms with Gasteiger partial charge in [0.1, 0.15) is 5.75 Å². The Morgan fingerprint density at radius 3 is 2.30 bits per heavy atom. The van der Waals surface area contributed by atoms with E-state index >= 15 is 0 Å². The predicted molar refractivity (Wildman–Crippen MR) is 80.9 cm³/mol. The maximum atomic E-state index is 5.19. The van der Waals surface area contributed by atoms with Crippen molar-refractivity contribution in [2.45, 2.75) is 32.9 Å². The molecule has 4 nitrogen and oxygen atoms in total. The zero-order valence-electron chi connectivity index (χ0n) is 12.8. The van der Waals surface area contributed by atoms with Crippen LogP contribution in [0.15, 0.2) is 30.5 Å². The first-order chi connectivity index (χ1) is 9.51. The molecule has 108 valence electrons. The fourth-order valence-electron chi connectivity index (χ4n) is 2.50. The van der Waals surface area contributed by atoms with Crippen molar-refractivity contribution in [1.82, 2.24) is 15.1 Å². The van der Waals surface area contributed by atoms with E-state index in [-0.39, 0.29) is 12.1 Å². The van der Waals surface area contributed by atoms with Crippen LogP contribution >= 0.6 is 0 Å². The first-order valence-corrected chi connectivity index (χ1v) is 6.91. The molecule has 1 N–H and O–H groups in total. The molecule has 0 radical (unpaired) electrons. The molecule has 2 rings (SSSR count). The zero-order valence-corrected chi connectivity index (χ0v) is 12.8. The summed E-state index contributed by atoms with van der Waals surface area (Å²) in [6, 6.07) is 8.72. The van der Waals surface area contributed by atoms with Gasteiger partial charge in [-0.3, -0.25) is 4.68 Å². The molecule has 0 amide bonds. The number of nitrogens with zero attached hydrogens (tertiary/aromatic N) is 2. The van der Waals surface area contributed by atoms with E-state index in [9.17, 15) is 0 Å². The van der Waals surface area contributed by atoms with Gasteiger partial charge >= 0.3 is 0 Å². The van der Waals surface area contributed by atoms with Crippen LogP contribution in [0.4, 0.5) is 0 Å². The van der Waals surface area contributed by atoms with E-state index in [4.69, 9.17) is 4.74 Å². The molecule has 0 saturated heterocycles. The Hall–Kier alpha value is -1.81. The lowest BCUT2D eigenvalue weighted by Gasteiger charge is -2.20. The first kappa shape index (κ1) is 14.6. The highest BCUT2D eigenvalue weighted by Gasteiger charge is 2.15. The summed E-state index contributed by atoms with van der Waals surface area (Å²) in [5.74, 6) is 0.886. The molecule has 0 saturated carbocycles. The molecule has 20 heavy (non-hydrogen) atoms. The fourth-order valence-corrected chi connectivity index (χ4v) is 2.50. The molecular weight excluding hydrogens is 250 g/mol. The van der Waals surface area contributed by atoms with Crippen molar-refractivity contribution >= 4 is 0 Å². The van der Waals surface area contributed by atoms with Gasteiger partial charge in [0.2, 0.25) is 0 Å². The van der Waals surface area contributed by atoms with Crippen LogP contribution in [0.25, 0.3) is 0 Å². The van der Waals surface area contributed by atoms with Crippen LogP contribution in [0.5, 0.6) is 5.75 Å².